The Hall–Kier alpha value is -0.340. The van der Waals surface area contributed by atoms with Crippen molar-refractivity contribution >= 4 is 9.84 Å². The van der Waals surface area contributed by atoms with Gasteiger partial charge in [-0.25, -0.2) is 8.42 Å². The maximum absolute atomic E-state index is 11.9. The summed E-state index contributed by atoms with van der Waals surface area (Å²) in [5.41, 5.74) is 0. The van der Waals surface area contributed by atoms with Crippen LogP contribution in [-0.2, 0) is 14.6 Å². The first-order valence-electron chi connectivity index (χ1n) is 6.69. The summed E-state index contributed by atoms with van der Waals surface area (Å²) in [6.45, 7) is 1.51. The molecule has 0 saturated carbocycles. The highest BCUT2D eigenvalue weighted by molar-refractivity contribution is 7.90. The Balaban J connectivity index is 3.95. The molecule has 0 heterocycles. The van der Waals surface area contributed by atoms with Gasteiger partial charge in [0.15, 0.2) is 0 Å². The van der Waals surface area contributed by atoms with Crippen molar-refractivity contribution in [3.63, 3.8) is 0 Å². The van der Waals surface area contributed by atoms with E-state index < -0.39 is 22.6 Å². The molecule has 0 spiro atoms. The first kappa shape index (κ1) is 19.7. The molecule has 0 aromatic rings. The second kappa shape index (κ2) is 9.57. The van der Waals surface area contributed by atoms with Gasteiger partial charge in [0.05, 0.1) is 0 Å². The Bertz CT molecular complexity index is 344. The molecule has 0 amide bonds. The maximum Gasteiger partial charge on any atom is 0.411 e. The SMILES string of the molecule is CCCNC(CCCS(C)(=O)=O)CCOCC(F)(F)F. The minimum atomic E-state index is -4.30. The molecule has 0 aromatic carbocycles. The van der Waals surface area contributed by atoms with Gasteiger partial charge in [-0.3, -0.25) is 0 Å². The lowest BCUT2D eigenvalue weighted by Crippen LogP contribution is -2.32. The Morgan fingerprint density at radius 1 is 1.25 bits per heavy atom. The van der Waals surface area contributed by atoms with Crippen LogP contribution in [0.2, 0.25) is 0 Å². The van der Waals surface area contributed by atoms with Gasteiger partial charge in [-0.15, -0.1) is 0 Å². The smallest absolute Gasteiger partial charge is 0.372 e. The van der Waals surface area contributed by atoms with E-state index in [2.05, 4.69) is 10.1 Å². The van der Waals surface area contributed by atoms with Crippen LogP contribution < -0.4 is 5.32 Å². The van der Waals surface area contributed by atoms with E-state index >= 15 is 0 Å². The van der Waals surface area contributed by atoms with Gasteiger partial charge in [-0.2, -0.15) is 13.2 Å². The van der Waals surface area contributed by atoms with Crippen LogP contribution in [-0.4, -0.2) is 52.4 Å². The van der Waals surface area contributed by atoms with Crippen molar-refractivity contribution in [3.05, 3.63) is 0 Å². The van der Waals surface area contributed by atoms with Gasteiger partial charge in [-0.1, -0.05) is 6.92 Å². The predicted octanol–water partition coefficient (Wildman–Crippen LogP) is 2.15. The average molecular weight is 319 g/mol. The summed E-state index contributed by atoms with van der Waals surface area (Å²) in [6, 6.07) is -0.00932. The summed E-state index contributed by atoms with van der Waals surface area (Å²) in [5, 5.41) is 3.20. The third-order valence-corrected chi connectivity index (χ3v) is 3.66. The molecular formula is C12H24F3NO3S. The first-order chi connectivity index (χ1) is 9.14. The fourth-order valence-corrected chi connectivity index (χ4v) is 2.39. The monoisotopic (exact) mass is 319 g/mol. The van der Waals surface area contributed by atoms with Crippen molar-refractivity contribution in [2.45, 2.75) is 44.8 Å². The van der Waals surface area contributed by atoms with E-state index in [1.807, 2.05) is 6.92 Å². The molecule has 0 rings (SSSR count). The second-order valence-electron chi connectivity index (χ2n) is 4.88. The van der Waals surface area contributed by atoms with Crippen LogP contribution in [0, 0.1) is 0 Å². The molecule has 0 bridgehead atoms. The molecule has 122 valence electrons. The van der Waals surface area contributed by atoms with Crippen LogP contribution in [0.15, 0.2) is 0 Å². The average Bonchev–Trinajstić information content (AvgIpc) is 2.27. The Morgan fingerprint density at radius 2 is 1.90 bits per heavy atom. The molecule has 8 heteroatoms. The van der Waals surface area contributed by atoms with Crippen LogP contribution >= 0.6 is 0 Å². The van der Waals surface area contributed by atoms with Gasteiger partial charge in [-0.05, 0) is 32.2 Å². The third-order valence-electron chi connectivity index (χ3n) is 2.63. The highest BCUT2D eigenvalue weighted by Gasteiger charge is 2.27. The number of hydrogen-bond acceptors (Lipinski definition) is 4. The van der Waals surface area contributed by atoms with E-state index in [1.165, 1.54) is 6.26 Å². The van der Waals surface area contributed by atoms with Crippen LogP contribution in [0.5, 0.6) is 0 Å². The first-order valence-corrected chi connectivity index (χ1v) is 8.75. The number of nitrogens with one attached hydrogen (secondary N) is 1. The van der Waals surface area contributed by atoms with Crippen molar-refractivity contribution in [1.29, 1.82) is 0 Å². The van der Waals surface area contributed by atoms with Crippen molar-refractivity contribution in [2.75, 3.05) is 31.8 Å². The lowest BCUT2D eigenvalue weighted by Gasteiger charge is -2.18. The number of halogens is 3. The van der Waals surface area contributed by atoms with Gasteiger partial charge in [0.2, 0.25) is 0 Å². The van der Waals surface area contributed by atoms with Gasteiger partial charge in [0.25, 0.3) is 0 Å². The molecule has 0 radical (unpaired) electrons. The van der Waals surface area contributed by atoms with Crippen molar-refractivity contribution in [2.24, 2.45) is 0 Å². The largest absolute Gasteiger partial charge is 0.411 e. The molecule has 1 unspecified atom stereocenters. The van der Waals surface area contributed by atoms with Crippen molar-refractivity contribution in [3.8, 4) is 0 Å². The summed E-state index contributed by atoms with van der Waals surface area (Å²) in [5.74, 6) is 0.0979. The van der Waals surface area contributed by atoms with E-state index in [0.29, 0.717) is 19.3 Å². The van der Waals surface area contributed by atoms with Gasteiger partial charge in [0.1, 0.15) is 16.4 Å². The summed E-state index contributed by atoms with van der Waals surface area (Å²) >= 11 is 0. The zero-order chi connectivity index (χ0) is 15.6. The number of rotatable bonds is 11. The highest BCUT2D eigenvalue weighted by Crippen LogP contribution is 2.15. The van der Waals surface area contributed by atoms with Crippen LogP contribution in [0.1, 0.15) is 32.6 Å². The molecule has 0 aromatic heterocycles. The van der Waals surface area contributed by atoms with E-state index in [1.54, 1.807) is 0 Å². The molecule has 1 atom stereocenters. The lowest BCUT2D eigenvalue weighted by molar-refractivity contribution is -0.174. The zero-order valence-electron chi connectivity index (χ0n) is 12.0. The quantitative estimate of drug-likeness (QED) is 0.593. The summed E-state index contributed by atoms with van der Waals surface area (Å²) in [7, 11) is -2.99. The Labute approximate surface area is 119 Å². The minimum absolute atomic E-state index is 0.00932. The maximum atomic E-state index is 11.9. The third kappa shape index (κ3) is 14.1. The number of ether oxygens (including phenoxy) is 1. The molecule has 0 fully saturated rings. The molecule has 20 heavy (non-hydrogen) atoms. The minimum Gasteiger partial charge on any atom is -0.372 e. The van der Waals surface area contributed by atoms with Crippen molar-refractivity contribution in [1.82, 2.24) is 5.32 Å². The zero-order valence-corrected chi connectivity index (χ0v) is 12.8. The van der Waals surface area contributed by atoms with Gasteiger partial charge in [0, 0.05) is 24.7 Å². The summed E-state index contributed by atoms with van der Waals surface area (Å²) in [6.07, 6.45) is -0.662. The van der Waals surface area contributed by atoms with Crippen LogP contribution in [0.25, 0.3) is 0 Å². The number of hydrogen-bond donors (Lipinski definition) is 1. The topological polar surface area (TPSA) is 55.4 Å². The normalized spacial score (nSPS) is 14.4. The fourth-order valence-electron chi connectivity index (χ4n) is 1.70. The molecule has 4 nitrogen and oxygen atoms in total. The van der Waals surface area contributed by atoms with Crippen molar-refractivity contribution < 1.29 is 26.3 Å². The summed E-state index contributed by atoms with van der Waals surface area (Å²) in [4.78, 5) is 0. The lowest BCUT2D eigenvalue weighted by atomic mass is 10.1. The fraction of sp³-hybridized carbons (Fsp3) is 1.00. The van der Waals surface area contributed by atoms with Gasteiger partial charge >= 0.3 is 6.18 Å². The molecular weight excluding hydrogens is 295 g/mol. The van der Waals surface area contributed by atoms with E-state index in [0.717, 1.165) is 13.0 Å². The molecule has 0 saturated heterocycles. The standard InChI is InChI=1S/C12H24F3NO3S/c1-3-7-16-11(5-4-9-20(2,17)18)6-8-19-10-12(13,14)15/h11,16H,3-10H2,1-2H3. The second-order valence-corrected chi connectivity index (χ2v) is 7.14. The Morgan fingerprint density at radius 3 is 2.40 bits per heavy atom. The molecule has 1 N–H and O–H groups in total. The number of sulfone groups is 1. The predicted molar refractivity (Wildman–Crippen MR) is 72.5 cm³/mol. The molecule has 0 aliphatic rings. The van der Waals surface area contributed by atoms with E-state index in [4.69, 9.17) is 0 Å². The van der Waals surface area contributed by atoms with E-state index in [9.17, 15) is 21.6 Å². The summed E-state index contributed by atoms with van der Waals surface area (Å²) < 4.78 is 62.4. The van der Waals surface area contributed by atoms with Crippen LogP contribution in [0.3, 0.4) is 0 Å². The van der Waals surface area contributed by atoms with E-state index in [-0.39, 0.29) is 18.4 Å². The number of alkyl halides is 3. The highest BCUT2D eigenvalue weighted by atomic mass is 32.2. The Kier molecular flexibility index (Phi) is 9.41. The molecule has 0 aliphatic carbocycles. The van der Waals surface area contributed by atoms with Crippen LogP contribution in [0.4, 0.5) is 13.2 Å². The van der Waals surface area contributed by atoms with Gasteiger partial charge < -0.3 is 10.1 Å². The molecule has 0 aliphatic heterocycles.